The standard InChI is InChI=1S/C12H19N3O2/c1-8-6-10(4-5-11(8)17-3)14-7-9(2)12(13)15-16/h4-6,9,14,16H,7H2,1-3H3,(H2,13,15). The van der Waals surface area contributed by atoms with Gasteiger partial charge in [-0.3, -0.25) is 0 Å². The number of rotatable bonds is 5. The number of benzene rings is 1. The molecule has 17 heavy (non-hydrogen) atoms. The lowest BCUT2D eigenvalue weighted by Crippen LogP contribution is -2.27. The molecule has 5 heteroatoms. The van der Waals surface area contributed by atoms with E-state index >= 15 is 0 Å². The van der Waals surface area contributed by atoms with Crippen molar-refractivity contribution >= 4 is 11.5 Å². The van der Waals surface area contributed by atoms with Crippen LogP contribution in [-0.4, -0.2) is 24.7 Å². The Morgan fingerprint density at radius 2 is 2.29 bits per heavy atom. The Morgan fingerprint density at radius 3 is 2.82 bits per heavy atom. The van der Waals surface area contributed by atoms with Crippen molar-refractivity contribution in [2.75, 3.05) is 19.0 Å². The maximum Gasteiger partial charge on any atom is 0.143 e. The minimum absolute atomic E-state index is 0.0255. The monoisotopic (exact) mass is 237 g/mol. The van der Waals surface area contributed by atoms with Gasteiger partial charge in [-0.15, -0.1) is 0 Å². The average Bonchev–Trinajstić information content (AvgIpc) is 2.35. The molecule has 1 aromatic carbocycles. The van der Waals surface area contributed by atoms with Gasteiger partial charge >= 0.3 is 0 Å². The minimum Gasteiger partial charge on any atom is -0.496 e. The highest BCUT2D eigenvalue weighted by Crippen LogP contribution is 2.21. The molecule has 0 aliphatic rings. The lowest BCUT2D eigenvalue weighted by atomic mass is 10.1. The van der Waals surface area contributed by atoms with Crippen LogP contribution in [0.3, 0.4) is 0 Å². The summed E-state index contributed by atoms with van der Waals surface area (Å²) >= 11 is 0. The van der Waals surface area contributed by atoms with Gasteiger partial charge in [0.25, 0.3) is 0 Å². The van der Waals surface area contributed by atoms with E-state index in [0.29, 0.717) is 6.54 Å². The predicted octanol–water partition coefficient (Wildman–Crippen LogP) is 1.80. The van der Waals surface area contributed by atoms with Crippen LogP contribution in [0.2, 0.25) is 0 Å². The molecule has 0 heterocycles. The molecule has 0 saturated heterocycles. The summed E-state index contributed by atoms with van der Waals surface area (Å²) in [6, 6.07) is 5.84. The number of hydrogen-bond donors (Lipinski definition) is 3. The van der Waals surface area contributed by atoms with Crippen molar-refractivity contribution < 1.29 is 9.94 Å². The van der Waals surface area contributed by atoms with E-state index in [1.54, 1.807) is 7.11 Å². The summed E-state index contributed by atoms with van der Waals surface area (Å²) in [6.07, 6.45) is 0. The van der Waals surface area contributed by atoms with E-state index in [0.717, 1.165) is 17.0 Å². The van der Waals surface area contributed by atoms with Crippen molar-refractivity contribution in [2.24, 2.45) is 16.8 Å². The van der Waals surface area contributed by atoms with Gasteiger partial charge in [0.1, 0.15) is 11.6 Å². The normalized spacial score (nSPS) is 13.2. The third-order valence-corrected chi connectivity index (χ3v) is 2.63. The van der Waals surface area contributed by atoms with Crippen LogP contribution >= 0.6 is 0 Å². The van der Waals surface area contributed by atoms with Crippen molar-refractivity contribution in [3.05, 3.63) is 23.8 Å². The van der Waals surface area contributed by atoms with Gasteiger partial charge in [0.15, 0.2) is 0 Å². The van der Waals surface area contributed by atoms with Gasteiger partial charge in [-0.05, 0) is 30.7 Å². The highest BCUT2D eigenvalue weighted by molar-refractivity contribution is 5.82. The molecule has 5 nitrogen and oxygen atoms in total. The third-order valence-electron chi connectivity index (χ3n) is 2.63. The summed E-state index contributed by atoms with van der Waals surface area (Å²) in [7, 11) is 1.65. The van der Waals surface area contributed by atoms with Gasteiger partial charge in [0.2, 0.25) is 0 Å². The first-order chi connectivity index (χ1) is 8.08. The Kier molecular flexibility index (Phi) is 4.63. The van der Waals surface area contributed by atoms with E-state index < -0.39 is 0 Å². The van der Waals surface area contributed by atoms with E-state index in [4.69, 9.17) is 15.7 Å². The molecular formula is C12H19N3O2. The number of hydrogen-bond acceptors (Lipinski definition) is 4. The maximum absolute atomic E-state index is 8.53. The second kappa shape index (κ2) is 5.98. The Bertz CT molecular complexity index is 405. The molecule has 1 atom stereocenters. The van der Waals surface area contributed by atoms with Gasteiger partial charge in [-0.2, -0.15) is 0 Å². The molecule has 0 aliphatic heterocycles. The van der Waals surface area contributed by atoms with Crippen molar-refractivity contribution in [1.29, 1.82) is 0 Å². The molecule has 1 rings (SSSR count). The largest absolute Gasteiger partial charge is 0.496 e. The van der Waals surface area contributed by atoms with Gasteiger partial charge in [0.05, 0.1) is 7.11 Å². The molecule has 0 spiro atoms. The third kappa shape index (κ3) is 3.55. The van der Waals surface area contributed by atoms with E-state index in [-0.39, 0.29) is 11.8 Å². The second-order valence-corrected chi connectivity index (χ2v) is 3.99. The highest BCUT2D eigenvalue weighted by Gasteiger charge is 2.07. The van der Waals surface area contributed by atoms with Gasteiger partial charge in [-0.25, -0.2) is 0 Å². The molecule has 4 N–H and O–H groups in total. The first-order valence-electron chi connectivity index (χ1n) is 5.44. The molecule has 1 unspecified atom stereocenters. The zero-order valence-electron chi connectivity index (χ0n) is 10.4. The van der Waals surface area contributed by atoms with Crippen LogP contribution in [0, 0.1) is 12.8 Å². The van der Waals surface area contributed by atoms with Crippen LogP contribution in [0.4, 0.5) is 5.69 Å². The summed E-state index contributed by atoms with van der Waals surface area (Å²) in [6.45, 7) is 4.48. The number of nitrogens with one attached hydrogen (secondary N) is 1. The fourth-order valence-corrected chi connectivity index (χ4v) is 1.46. The zero-order chi connectivity index (χ0) is 12.8. The topological polar surface area (TPSA) is 79.9 Å². The van der Waals surface area contributed by atoms with Crippen molar-refractivity contribution in [3.8, 4) is 5.75 Å². The highest BCUT2D eigenvalue weighted by atomic mass is 16.5. The Morgan fingerprint density at radius 1 is 1.59 bits per heavy atom. The Hall–Kier alpha value is -1.91. The molecule has 0 aromatic heterocycles. The molecule has 1 aromatic rings. The van der Waals surface area contributed by atoms with Crippen LogP contribution < -0.4 is 15.8 Å². The lowest BCUT2D eigenvalue weighted by molar-refractivity contribution is 0.315. The van der Waals surface area contributed by atoms with Gasteiger partial charge in [0, 0.05) is 18.2 Å². The van der Waals surface area contributed by atoms with Crippen LogP contribution in [0.15, 0.2) is 23.4 Å². The number of methoxy groups -OCH3 is 1. The Labute approximate surface area is 101 Å². The summed E-state index contributed by atoms with van der Waals surface area (Å²) in [4.78, 5) is 0. The molecule has 0 aliphatic carbocycles. The number of aryl methyl sites for hydroxylation is 1. The molecular weight excluding hydrogens is 218 g/mol. The smallest absolute Gasteiger partial charge is 0.143 e. The molecule has 0 amide bonds. The van der Waals surface area contributed by atoms with Gasteiger partial charge in [-0.1, -0.05) is 12.1 Å². The minimum atomic E-state index is -0.0255. The van der Waals surface area contributed by atoms with Crippen LogP contribution in [0.1, 0.15) is 12.5 Å². The Balaban J connectivity index is 2.61. The van der Waals surface area contributed by atoms with Crippen LogP contribution in [-0.2, 0) is 0 Å². The van der Waals surface area contributed by atoms with E-state index in [1.807, 2.05) is 32.0 Å². The quantitative estimate of drug-likeness (QED) is 0.316. The SMILES string of the molecule is COc1ccc(NCC(C)C(N)=NO)cc1C. The summed E-state index contributed by atoms with van der Waals surface area (Å²) in [5.74, 6) is 1.06. The first kappa shape index (κ1) is 13.2. The van der Waals surface area contributed by atoms with Crippen molar-refractivity contribution in [1.82, 2.24) is 0 Å². The van der Waals surface area contributed by atoms with E-state index in [9.17, 15) is 0 Å². The van der Waals surface area contributed by atoms with E-state index in [1.165, 1.54) is 0 Å². The lowest BCUT2D eigenvalue weighted by Gasteiger charge is -2.13. The predicted molar refractivity (Wildman–Crippen MR) is 68.8 cm³/mol. The summed E-state index contributed by atoms with van der Waals surface area (Å²) in [5.41, 5.74) is 7.55. The number of amidine groups is 1. The second-order valence-electron chi connectivity index (χ2n) is 3.99. The number of anilines is 1. The number of nitrogens with zero attached hydrogens (tertiary/aromatic N) is 1. The molecule has 0 fully saturated rings. The van der Waals surface area contributed by atoms with Crippen LogP contribution in [0.25, 0.3) is 0 Å². The molecule has 0 saturated carbocycles. The van der Waals surface area contributed by atoms with Crippen LogP contribution in [0.5, 0.6) is 5.75 Å². The number of ether oxygens (including phenoxy) is 1. The molecule has 0 radical (unpaired) electrons. The summed E-state index contributed by atoms with van der Waals surface area (Å²) in [5, 5.41) is 14.7. The number of nitrogens with two attached hydrogens (primary N) is 1. The fraction of sp³-hybridized carbons (Fsp3) is 0.417. The maximum atomic E-state index is 8.53. The first-order valence-corrected chi connectivity index (χ1v) is 5.44. The molecule has 0 bridgehead atoms. The van der Waals surface area contributed by atoms with Crippen molar-refractivity contribution in [3.63, 3.8) is 0 Å². The zero-order valence-corrected chi connectivity index (χ0v) is 10.4. The fourth-order valence-electron chi connectivity index (χ4n) is 1.46. The average molecular weight is 237 g/mol. The van der Waals surface area contributed by atoms with Crippen molar-refractivity contribution in [2.45, 2.75) is 13.8 Å². The van der Waals surface area contributed by atoms with Gasteiger partial charge < -0.3 is 21.0 Å². The summed E-state index contributed by atoms with van der Waals surface area (Å²) < 4.78 is 5.18. The molecule has 94 valence electrons. The van der Waals surface area contributed by atoms with E-state index in [2.05, 4.69) is 10.5 Å². The number of oxime groups is 1.